The Morgan fingerprint density at radius 3 is 0.968 bits per heavy atom. The molecule has 0 aliphatic rings. The van der Waals surface area contributed by atoms with Crippen molar-refractivity contribution in [3.8, 4) is 0 Å². The van der Waals surface area contributed by atoms with E-state index in [0.29, 0.717) is 0 Å². The Hall–Kier alpha value is -0.835. The third-order valence-corrected chi connectivity index (χ3v) is 7.96. The minimum Gasteiger partial charge on any atom is -0.0876 e. The summed E-state index contributed by atoms with van der Waals surface area (Å²) in [6.45, 7) is 13.6. The van der Waals surface area contributed by atoms with E-state index in [1.54, 1.807) is 0 Å². The summed E-state index contributed by atoms with van der Waals surface area (Å²) >= 11 is 11.4. The van der Waals surface area contributed by atoms with Crippen molar-refractivity contribution < 1.29 is 0 Å². The summed E-state index contributed by atoms with van der Waals surface area (Å²) in [5.74, 6) is 0. The molecule has 0 radical (unpaired) electrons. The van der Waals surface area contributed by atoms with Crippen LogP contribution in [0.4, 0.5) is 0 Å². The van der Waals surface area contributed by atoms with E-state index in [-0.39, 0.29) is 6.71 Å². The van der Waals surface area contributed by atoms with Crippen LogP contribution in [0.3, 0.4) is 0 Å². The first-order chi connectivity index (χ1) is 14.7. The Morgan fingerprint density at radius 2 is 0.742 bits per heavy atom. The van der Waals surface area contributed by atoms with Crippen molar-refractivity contribution in [1.82, 2.24) is 0 Å². The average Bonchev–Trinajstić information content (AvgIpc) is 2.70. The van der Waals surface area contributed by atoms with Crippen molar-refractivity contribution in [2.24, 2.45) is 0 Å². The van der Waals surface area contributed by atoms with Crippen LogP contribution in [0, 0.1) is 41.5 Å². The van der Waals surface area contributed by atoms with Crippen LogP contribution in [0.5, 0.6) is 0 Å². The van der Waals surface area contributed by atoms with Gasteiger partial charge in [-0.15, -0.1) is 0 Å². The molecule has 0 aliphatic carbocycles. The van der Waals surface area contributed by atoms with Gasteiger partial charge in [0.15, 0.2) is 0 Å². The monoisotopic (exact) mass is 602 g/mol. The Bertz CT molecular complexity index is 977. The van der Waals surface area contributed by atoms with Crippen molar-refractivity contribution in [2.75, 3.05) is 0 Å². The molecule has 0 saturated carbocycles. The second-order valence-corrected chi connectivity index (χ2v) is 10.5. The van der Waals surface area contributed by atoms with E-state index in [9.17, 15) is 0 Å². The SMILES string of the molecule is Cc1cc(C)c(B(c2c(C)cc(C)cc2CBr)c2c(C)cc(C)cc2CBr)c(CBr)c1. The Labute approximate surface area is 213 Å². The van der Waals surface area contributed by atoms with Crippen molar-refractivity contribution in [3.63, 3.8) is 0 Å². The third-order valence-electron chi connectivity index (χ3n) is 6.15. The van der Waals surface area contributed by atoms with Gasteiger partial charge in [0, 0.05) is 16.0 Å². The standard InChI is InChI=1S/C27H30BBr3/c1-16-7-19(4)25(22(10-16)13-29)28(26-20(5)8-17(2)11-23(26)14-30)27-21(6)9-18(3)12-24(27)15-31/h7-12H,13-15H2,1-6H3. The molecule has 0 N–H and O–H groups in total. The molecule has 3 aromatic carbocycles. The first kappa shape index (κ1) is 24.8. The second-order valence-electron chi connectivity index (χ2n) is 8.80. The smallest absolute Gasteiger partial charge is 0.0876 e. The second kappa shape index (κ2) is 10.4. The fourth-order valence-electron chi connectivity index (χ4n) is 5.20. The number of halogens is 3. The molecule has 0 heterocycles. The Kier molecular flexibility index (Phi) is 8.32. The Balaban J connectivity index is 2.51. The summed E-state index contributed by atoms with van der Waals surface area (Å²) in [6.07, 6.45) is 0. The summed E-state index contributed by atoms with van der Waals surface area (Å²) in [6, 6.07) is 14.0. The number of aryl methyl sites for hydroxylation is 6. The first-order valence-corrected chi connectivity index (χ1v) is 14.1. The minimum absolute atomic E-state index is 0.189. The molecule has 0 saturated heterocycles. The minimum atomic E-state index is 0.189. The lowest BCUT2D eigenvalue weighted by atomic mass is 9.33. The number of benzene rings is 3. The maximum atomic E-state index is 3.80. The van der Waals surface area contributed by atoms with Crippen LogP contribution < -0.4 is 16.4 Å². The van der Waals surface area contributed by atoms with Gasteiger partial charge >= 0.3 is 0 Å². The highest BCUT2D eigenvalue weighted by atomic mass is 79.9. The van der Waals surface area contributed by atoms with Gasteiger partial charge in [-0.25, -0.2) is 0 Å². The number of hydrogen-bond donors (Lipinski definition) is 0. The zero-order valence-corrected chi connectivity index (χ0v) is 24.1. The predicted molar refractivity (Wildman–Crippen MR) is 150 cm³/mol. The van der Waals surface area contributed by atoms with Crippen molar-refractivity contribution >= 4 is 70.9 Å². The molecule has 0 spiro atoms. The molecule has 0 aliphatic heterocycles. The van der Waals surface area contributed by atoms with Gasteiger partial charge in [0.25, 0.3) is 0 Å². The lowest BCUT2D eigenvalue weighted by Crippen LogP contribution is -2.58. The van der Waals surface area contributed by atoms with Crippen LogP contribution in [-0.4, -0.2) is 6.71 Å². The maximum absolute atomic E-state index is 3.80. The van der Waals surface area contributed by atoms with Crippen molar-refractivity contribution in [2.45, 2.75) is 57.5 Å². The fraction of sp³-hybridized carbons (Fsp3) is 0.333. The maximum Gasteiger partial charge on any atom is 0.243 e. The fourth-order valence-corrected chi connectivity index (χ4v) is 6.60. The summed E-state index contributed by atoms with van der Waals surface area (Å²) in [7, 11) is 0. The van der Waals surface area contributed by atoms with Crippen molar-refractivity contribution in [1.29, 1.82) is 0 Å². The number of hydrogen-bond acceptors (Lipinski definition) is 0. The molecule has 0 unspecified atom stereocenters. The molecule has 3 aromatic rings. The molecule has 0 fully saturated rings. The lowest BCUT2D eigenvalue weighted by Gasteiger charge is -2.28. The quantitative estimate of drug-likeness (QED) is 0.216. The van der Waals surface area contributed by atoms with Crippen LogP contribution in [0.25, 0.3) is 0 Å². The highest BCUT2D eigenvalue weighted by Crippen LogP contribution is 2.19. The van der Waals surface area contributed by atoms with Crippen LogP contribution in [0.15, 0.2) is 36.4 Å². The summed E-state index contributed by atoms with van der Waals surface area (Å²) in [5, 5.41) is 2.55. The molecule has 0 atom stereocenters. The molecule has 162 valence electrons. The summed E-state index contributed by atoms with van der Waals surface area (Å²) < 4.78 is 0. The van der Waals surface area contributed by atoms with E-state index in [4.69, 9.17) is 0 Å². The van der Waals surface area contributed by atoms with Crippen LogP contribution in [0.1, 0.15) is 50.1 Å². The zero-order chi connectivity index (χ0) is 22.9. The van der Waals surface area contributed by atoms with E-state index >= 15 is 0 Å². The molecular weight excluding hydrogens is 575 g/mol. The van der Waals surface area contributed by atoms with Gasteiger partial charge in [-0.1, -0.05) is 134 Å². The van der Waals surface area contributed by atoms with E-state index in [1.807, 2.05) is 0 Å². The normalized spacial score (nSPS) is 11.1. The highest BCUT2D eigenvalue weighted by Gasteiger charge is 2.32. The number of alkyl halides is 3. The molecule has 0 bridgehead atoms. The predicted octanol–water partition coefficient (Wildman–Crippen LogP) is 6.74. The molecule has 31 heavy (non-hydrogen) atoms. The lowest BCUT2D eigenvalue weighted by molar-refractivity contribution is 1.31. The molecule has 0 amide bonds. The van der Waals surface area contributed by atoms with Gasteiger partial charge in [0.1, 0.15) is 0 Å². The largest absolute Gasteiger partial charge is 0.243 e. The molecule has 3 rings (SSSR count). The van der Waals surface area contributed by atoms with E-state index < -0.39 is 0 Å². The summed E-state index contributed by atoms with van der Waals surface area (Å²) in [4.78, 5) is 0. The molecule has 0 nitrogen and oxygen atoms in total. The molecule has 0 aromatic heterocycles. The average molecular weight is 605 g/mol. The highest BCUT2D eigenvalue weighted by molar-refractivity contribution is 9.09. The molecular formula is C27H30BBr3. The van der Waals surface area contributed by atoms with E-state index in [0.717, 1.165) is 16.0 Å². The van der Waals surface area contributed by atoms with Crippen LogP contribution in [-0.2, 0) is 16.0 Å². The number of rotatable bonds is 6. The van der Waals surface area contributed by atoms with Crippen LogP contribution in [0.2, 0.25) is 0 Å². The van der Waals surface area contributed by atoms with E-state index in [1.165, 1.54) is 66.5 Å². The zero-order valence-electron chi connectivity index (χ0n) is 19.3. The van der Waals surface area contributed by atoms with Gasteiger partial charge in [-0.3, -0.25) is 0 Å². The first-order valence-electron chi connectivity index (χ1n) is 10.7. The Morgan fingerprint density at radius 1 is 0.484 bits per heavy atom. The van der Waals surface area contributed by atoms with Crippen molar-refractivity contribution in [3.05, 3.63) is 86.5 Å². The van der Waals surface area contributed by atoms with Crippen LogP contribution >= 0.6 is 47.8 Å². The van der Waals surface area contributed by atoms with Gasteiger partial charge < -0.3 is 0 Å². The topological polar surface area (TPSA) is 0 Å². The van der Waals surface area contributed by atoms with Gasteiger partial charge in [0.2, 0.25) is 6.71 Å². The van der Waals surface area contributed by atoms with Gasteiger partial charge in [-0.2, -0.15) is 0 Å². The molecule has 4 heteroatoms. The van der Waals surface area contributed by atoms with Gasteiger partial charge in [0.05, 0.1) is 0 Å². The van der Waals surface area contributed by atoms with E-state index in [2.05, 4.69) is 126 Å². The third kappa shape index (κ3) is 5.07. The van der Waals surface area contributed by atoms with Gasteiger partial charge in [-0.05, 0) is 58.2 Å². The summed E-state index contributed by atoms with van der Waals surface area (Å²) in [5.41, 5.74) is 16.5.